The van der Waals surface area contributed by atoms with Crippen LogP contribution in [0.5, 0.6) is 0 Å². The zero-order valence-electron chi connectivity index (χ0n) is 14.0. The minimum Gasteiger partial charge on any atom is -0.451 e. The van der Waals surface area contributed by atoms with Crippen molar-refractivity contribution >= 4 is 22.6 Å². The van der Waals surface area contributed by atoms with E-state index in [1.807, 2.05) is 45.0 Å². The van der Waals surface area contributed by atoms with Gasteiger partial charge < -0.3 is 9.73 Å². The number of amides is 1. The standard InChI is InChI=1S/C20H21NO2/c1-5-15-6-7-18-17(11-15)14(4)19(23-18)20(22)21-16-9-12(2)8-13(3)10-16/h6-11H,5H2,1-4H3,(H,21,22). The molecule has 0 fully saturated rings. The van der Waals surface area contributed by atoms with E-state index >= 15 is 0 Å². The second-order valence-corrected chi connectivity index (χ2v) is 6.07. The molecule has 0 saturated carbocycles. The molecule has 2 aromatic carbocycles. The molecule has 23 heavy (non-hydrogen) atoms. The first kappa shape index (κ1) is 15.3. The van der Waals surface area contributed by atoms with Gasteiger partial charge in [0.15, 0.2) is 5.76 Å². The maximum Gasteiger partial charge on any atom is 0.291 e. The predicted molar refractivity (Wildman–Crippen MR) is 94.2 cm³/mol. The molecule has 3 nitrogen and oxygen atoms in total. The number of furan rings is 1. The van der Waals surface area contributed by atoms with Crippen LogP contribution in [0.1, 0.15) is 39.7 Å². The van der Waals surface area contributed by atoms with Gasteiger partial charge in [-0.15, -0.1) is 0 Å². The fourth-order valence-electron chi connectivity index (χ4n) is 2.94. The lowest BCUT2D eigenvalue weighted by atomic mass is 10.1. The summed E-state index contributed by atoms with van der Waals surface area (Å²) in [5.74, 6) is 0.175. The number of carbonyl (C=O) groups excluding carboxylic acids is 1. The van der Waals surface area contributed by atoms with Crippen LogP contribution in [0.15, 0.2) is 40.8 Å². The number of carbonyl (C=O) groups is 1. The second-order valence-electron chi connectivity index (χ2n) is 6.07. The normalized spacial score (nSPS) is 11.0. The molecule has 0 aliphatic carbocycles. The van der Waals surface area contributed by atoms with Gasteiger partial charge in [-0.25, -0.2) is 0 Å². The molecule has 118 valence electrons. The van der Waals surface area contributed by atoms with Gasteiger partial charge in [0.25, 0.3) is 5.91 Å². The molecular weight excluding hydrogens is 286 g/mol. The van der Waals surface area contributed by atoms with Crippen molar-refractivity contribution < 1.29 is 9.21 Å². The number of hydrogen-bond acceptors (Lipinski definition) is 2. The highest BCUT2D eigenvalue weighted by molar-refractivity contribution is 6.06. The molecular formula is C20H21NO2. The van der Waals surface area contributed by atoms with E-state index < -0.39 is 0 Å². The van der Waals surface area contributed by atoms with Crippen LogP contribution in [-0.2, 0) is 6.42 Å². The van der Waals surface area contributed by atoms with Gasteiger partial charge in [-0.1, -0.05) is 19.1 Å². The first-order valence-corrected chi connectivity index (χ1v) is 7.89. The summed E-state index contributed by atoms with van der Waals surface area (Å²) < 4.78 is 5.78. The van der Waals surface area contributed by atoms with Crippen LogP contribution < -0.4 is 5.32 Å². The summed E-state index contributed by atoms with van der Waals surface area (Å²) in [6.07, 6.45) is 0.963. The van der Waals surface area contributed by atoms with Crippen molar-refractivity contribution in [3.8, 4) is 0 Å². The Morgan fingerprint density at radius 2 is 1.74 bits per heavy atom. The van der Waals surface area contributed by atoms with Crippen LogP contribution in [0.2, 0.25) is 0 Å². The Kier molecular flexibility index (Phi) is 3.95. The van der Waals surface area contributed by atoms with Crippen molar-refractivity contribution in [3.63, 3.8) is 0 Å². The molecule has 0 aliphatic rings. The highest BCUT2D eigenvalue weighted by Gasteiger charge is 2.18. The average molecular weight is 307 g/mol. The Hall–Kier alpha value is -2.55. The molecule has 0 radical (unpaired) electrons. The summed E-state index contributed by atoms with van der Waals surface area (Å²) in [7, 11) is 0. The summed E-state index contributed by atoms with van der Waals surface area (Å²) in [4.78, 5) is 12.6. The van der Waals surface area contributed by atoms with E-state index in [-0.39, 0.29) is 5.91 Å². The van der Waals surface area contributed by atoms with Gasteiger partial charge in [0, 0.05) is 16.6 Å². The molecule has 1 amide bonds. The van der Waals surface area contributed by atoms with E-state index in [4.69, 9.17) is 4.42 Å². The number of hydrogen-bond donors (Lipinski definition) is 1. The molecule has 1 N–H and O–H groups in total. The molecule has 1 heterocycles. The number of anilines is 1. The number of benzene rings is 2. The van der Waals surface area contributed by atoms with Crippen LogP contribution in [0.4, 0.5) is 5.69 Å². The number of rotatable bonds is 3. The van der Waals surface area contributed by atoms with Gasteiger partial charge in [-0.05, 0) is 68.1 Å². The summed E-state index contributed by atoms with van der Waals surface area (Å²) in [5.41, 5.74) is 5.91. The lowest BCUT2D eigenvalue weighted by molar-refractivity contribution is 0.0998. The van der Waals surface area contributed by atoms with Crippen LogP contribution in [0, 0.1) is 20.8 Å². The van der Waals surface area contributed by atoms with Gasteiger partial charge in [0.2, 0.25) is 0 Å². The van der Waals surface area contributed by atoms with Crippen molar-refractivity contribution in [3.05, 3.63) is 64.4 Å². The van der Waals surface area contributed by atoms with Crippen molar-refractivity contribution in [1.29, 1.82) is 0 Å². The van der Waals surface area contributed by atoms with E-state index in [2.05, 4.69) is 24.4 Å². The lowest BCUT2D eigenvalue weighted by Gasteiger charge is -2.06. The average Bonchev–Trinajstić information content (AvgIpc) is 2.83. The molecule has 0 unspecified atom stereocenters. The van der Waals surface area contributed by atoms with Crippen LogP contribution in [-0.4, -0.2) is 5.91 Å². The lowest BCUT2D eigenvalue weighted by Crippen LogP contribution is -2.12. The zero-order valence-corrected chi connectivity index (χ0v) is 14.0. The molecule has 0 spiro atoms. The molecule has 1 aromatic heterocycles. The van der Waals surface area contributed by atoms with E-state index in [0.717, 1.165) is 39.8 Å². The molecule has 3 heteroatoms. The van der Waals surface area contributed by atoms with Crippen molar-refractivity contribution in [1.82, 2.24) is 0 Å². The van der Waals surface area contributed by atoms with Crippen molar-refractivity contribution in [2.24, 2.45) is 0 Å². The largest absolute Gasteiger partial charge is 0.451 e. The highest BCUT2D eigenvalue weighted by atomic mass is 16.3. The maximum atomic E-state index is 12.6. The van der Waals surface area contributed by atoms with E-state index in [0.29, 0.717) is 5.76 Å². The van der Waals surface area contributed by atoms with Gasteiger partial charge in [0.1, 0.15) is 5.58 Å². The van der Waals surface area contributed by atoms with Gasteiger partial charge in [0.05, 0.1) is 0 Å². The summed E-state index contributed by atoms with van der Waals surface area (Å²) in [6.45, 7) is 8.08. The molecule has 0 atom stereocenters. The first-order valence-electron chi connectivity index (χ1n) is 7.89. The third-order valence-corrected chi connectivity index (χ3v) is 4.09. The fourth-order valence-corrected chi connectivity index (χ4v) is 2.94. The summed E-state index contributed by atoms with van der Waals surface area (Å²) in [5, 5.41) is 3.95. The minimum atomic E-state index is -0.207. The van der Waals surface area contributed by atoms with Gasteiger partial charge >= 0.3 is 0 Å². The molecule has 0 bridgehead atoms. The minimum absolute atomic E-state index is 0.207. The van der Waals surface area contributed by atoms with Crippen molar-refractivity contribution in [2.45, 2.75) is 34.1 Å². The van der Waals surface area contributed by atoms with Gasteiger partial charge in [-0.3, -0.25) is 4.79 Å². The predicted octanol–water partition coefficient (Wildman–Crippen LogP) is 5.17. The Labute approximate surface area is 136 Å². The number of aryl methyl sites for hydroxylation is 4. The summed E-state index contributed by atoms with van der Waals surface area (Å²) in [6, 6.07) is 12.1. The van der Waals surface area contributed by atoms with Crippen LogP contribution in [0.3, 0.4) is 0 Å². The third-order valence-electron chi connectivity index (χ3n) is 4.09. The monoisotopic (exact) mass is 307 g/mol. The summed E-state index contributed by atoms with van der Waals surface area (Å²) >= 11 is 0. The van der Waals surface area contributed by atoms with Crippen molar-refractivity contribution in [2.75, 3.05) is 5.32 Å². The zero-order chi connectivity index (χ0) is 16.6. The number of nitrogens with one attached hydrogen (secondary N) is 1. The molecule has 0 saturated heterocycles. The first-order chi connectivity index (χ1) is 11.0. The van der Waals surface area contributed by atoms with E-state index in [1.165, 1.54) is 5.56 Å². The van der Waals surface area contributed by atoms with E-state index in [9.17, 15) is 4.79 Å². The van der Waals surface area contributed by atoms with E-state index in [1.54, 1.807) is 0 Å². The molecule has 3 aromatic rings. The van der Waals surface area contributed by atoms with Gasteiger partial charge in [-0.2, -0.15) is 0 Å². The Balaban J connectivity index is 1.96. The Morgan fingerprint density at radius 1 is 1.04 bits per heavy atom. The third kappa shape index (κ3) is 3.00. The topological polar surface area (TPSA) is 42.2 Å². The van der Waals surface area contributed by atoms with Crippen LogP contribution in [0.25, 0.3) is 11.0 Å². The fraction of sp³-hybridized carbons (Fsp3) is 0.250. The Morgan fingerprint density at radius 3 is 2.39 bits per heavy atom. The number of fused-ring (bicyclic) bond motifs is 1. The maximum absolute atomic E-state index is 12.6. The molecule has 0 aliphatic heterocycles. The second kappa shape index (κ2) is 5.92. The quantitative estimate of drug-likeness (QED) is 0.725. The highest BCUT2D eigenvalue weighted by Crippen LogP contribution is 2.27. The van der Waals surface area contributed by atoms with Crippen LogP contribution >= 0.6 is 0 Å². The Bertz CT molecular complexity index is 870. The molecule has 3 rings (SSSR count). The SMILES string of the molecule is CCc1ccc2oc(C(=O)Nc3cc(C)cc(C)c3)c(C)c2c1. The smallest absolute Gasteiger partial charge is 0.291 e.